The second-order valence-corrected chi connectivity index (χ2v) is 4.61. The third kappa shape index (κ3) is 2.58. The van der Waals surface area contributed by atoms with E-state index in [0.29, 0.717) is 6.54 Å². The lowest BCUT2D eigenvalue weighted by atomic mass is 10.2. The van der Waals surface area contributed by atoms with Crippen LogP contribution in [-0.2, 0) is 6.54 Å². The van der Waals surface area contributed by atoms with Gasteiger partial charge in [-0.2, -0.15) is 0 Å². The molecule has 0 spiro atoms. The van der Waals surface area contributed by atoms with Crippen LogP contribution in [0.4, 0.5) is 5.69 Å². The molecular formula is C11H11N7S. The number of benzene rings is 1. The Balaban J connectivity index is 1.82. The molecule has 0 fully saturated rings. The predicted octanol–water partition coefficient (Wildman–Crippen LogP) is 1.43. The Morgan fingerprint density at radius 3 is 3.05 bits per heavy atom. The highest BCUT2D eigenvalue weighted by atomic mass is 32.1. The van der Waals surface area contributed by atoms with Gasteiger partial charge < -0.3 is 5.32 Å². The van der Waals surface area contributed by atoms with Gasteiger partial charge in [0.05, 0.1) is 17.9 Å². The summed E-state index contributed by atoms with van der Waals surface area (Å²) in [5, 5.41) is 20.4. The summed E-state index contributed by atoms with van der Waals surface area (Å²) >= 11 is 1.35. The van der Waals surface area contributed by atoms with Crippen LogP contribution in [0.1, 0.15) is 11.3 Å². The summed E-state index contributed by atoms with van der Waals surface area (Å²) in [5.74, 6) is 0. The van der Waals surface area contributed by atoms with Gasteiger partial charge in [0.2, 0.25) is 0 Å². The number of aryl methyl sites for hydroxylation is 1. The molecule has 1 aromatic carbocycles. The molecule has 1 N–H and O–H groups in total. The van der Waals surface area contributed by atoms with Gasteiger partial charge in [-0.1, -0.05) is 10.6 Å². The smallest absolute Gasteiger partial charge is 0.143 e. The number of anilines is 1. The van der Waals surface area contributed by atoms with Crippen molar-refractivity contribution in [3.05, 3.63) is 41.2 Å². The first-order valence-corrected chi connectivity index (χ1v) is 6.50. The minimum Gasteiger partial charge on any atom is -0.379 e. The van der Waals surface area contributed by atoms with Gasteiger partial charge >= 0.3 is 0 Å². The van der Waals surface area contributed by atoms with Crippen molar-refractivity contribution in [2.75, 3.05) is 5.32 Å². The Kier molecular flexibility index (Phi) is 3.15. The topological polar surface area (TPSA) is 81.4 Å². The van der Waals surface area contributed by atoms with Crippen LogP contribution in [0.3, 0.4) is 0 Å². The molecular weight excluding hydrogens is 262 g/mol. The van der Waals surface area contributed by atoms with E-state index in [1.54, 1.807) is 11.0 Å². The van der Waals surface area contributed by atoms with Crippen LogP contribution in [0.15, 0.2) is 29.9 Å². The summed E-state index contributed by atoms with van der Waals surface area (Å²) in [6.07, 6.45) is 1.57. The molecule has 8 heteroatoms. The van der Waals surface area contributed by atoms with Gasteiger partial charge in [-0.25, -0.2) is 4.68 Å². The van der Waals surface area contributed by atoms with Crippen molar-refractivity contribution in [1.29, 1.82) is 0 Å². The molecule has 0 atom stereocenters. The Hall–Kier alpha value is -2.35. The molecule has 0 amide bonds. The summed E-state index contributed by atoms with van der Waals surface area (Å²) < 4.78 is 5.46. The third-order valence-corrected chi connectivity index (χ3v) is 3.25. The Labute approximate surface area is 113 Å². The Morgan fingerprint density at radius 1 is 1.37 bits per heavy atom. The molecule has 0 radical (unpaired) electrons. The molecule has 96 valence electrons. The first-order chi connectivity index (χ1) is 9.33. The highest BCUT2D eigenvalue weighted by molar-refractivity contribution is 7.03. The van der Waals surface area contributed by atoms with Gasteiger partial charge in [-0.15, -0.1) is 10.2 Å². The van der Waals surface area contributed by atoms with Crippen LogP contribution in [-0.4, -0.2) is 29.8 Å². The number of rotatable bonds is 4. The van der Waals surface area contributed by atoms with Crippen LogP contribution < -0.4 is 5.32 Å². The molecule has 0 saturated carbocycles. The van der Waals surface area contributed by atoms with Crippen molar-refractivity contribution >= 4 is 17.2 Å². The normalized spacial score (nSPS) is 10.6. The number of tetrazole rings is 1. The summed E-state index contributed by atoms with van der Waals surface area (Å²) in [4.78, 5) is 0. The fourth-order valence-corrected chi connectivity index (χ4v) is 2.12. The number of hydrogen-bond donors (Lipinski definition) is 1. The molecule has 3 aromatic rings. The molecule has 0 unspecified atom stereocenters. The van der Waals surface area contributed by atoms with E-state index in [9.17, 15) is 0 Å². The van der Waals surface area contributed by atoms with Crippen LogP contribution in [0, 0.1) is 6.92 Å². The molecule has 2 heterocycles. The van der Waals surface area contributed by atoms with Crippen molar-refractivity contribution < 1.29 is 0 Å². The van der Waals surface area contributed by atoms with Gasteiger partial charge in [0.25, 0.3) is 0 Å². The first kappa shape index (κ1) is 11.7. The lowest BCUT2D eigenvalue weighted by Gasteiger charge is -2.10. The number of aromatic nitrogens is 6. The highest BCUT2D eigenvalue weighted by Gasteiger charge is 2.04. The molecule has 2 aromatic heterocycles. The quantitative estimate of drug-likeness (QED) is 0.774. The molecule has 0 saturated heterocycles. The van der Waals surface area contributed by atoms with Crippen LogP contribution in [0.25, 0.3) is 5.69 Å². The van der Waals surface area contributed by atoms with Crippen LogP contribution in [0.5, 0.6) is 0 Å². The molecule has 0 aliphatic carbocycles. The fourth-order valence-electron chi connectivity index (χ4n) is 1.67. The van der Waals surface area contributed by atoms with E-state index < -0.39 is 0 Å². The van der Waals surface area contributed by atoms with E-state index in [2.05, 4.69) is 30.4 Å². The van der Waals surface area contributed by atoms with Gasteiger partial charge in [-0.3, -0.25) is 0 Å². The summed E-state index contributed by atoms with van der Waals surface area (Å²) in [5.41, 5.74) is 4.02. The molecule has 3 rings (SSSR count). The maximum absolute atomic E-state index is 4.00. The van der Waals surface area contributed by atoms with Gasteiger partial charge in [0, 0.05) is 11.1 Å². The molecule has 7 nitrogen and oxygen atoms in total. The average Bonchev–Trinajstić information content (AvgIpc) is 3.11. The summed E-state index contributed by atoms with van der Waals surface area (Å²) in [6.45, 7) is 2.70. The Morgan fingerprint density at radius 2 is 2.32 bits per heavy atom. The fraction of sp³-hybridized carbons (Fsp3) is 0.182. The number of nitrogens with zero attached hydrogens (tertiary/aromatic N) is 6. The summed E-state index contributed by atoms with van der Waals surface area (Å²) in [7, 11) is 0. The van der Waals surface area contributed by atoms with E-state index in [4.69, 9.17) is 0 Å². The zero-order valence-corrected chi connectivity index (χ0v) is 11.0. The first-order valence-electron chi connectivity index (χ1n) is 5.67. The third-order valence-electron chi connectivity index (χ3n) is 2.70. The average molecular weight is 273 g/mol. The van der Waals surface area contributed by atoms with E-state index in [0.717, 1.165) is 22.6 Å². The van der Waals surface area contributed by atoms with Crippen molar-refractivity contribution in [3.8, 4) is 5.69 Å². The van der Waals surface area contributed by atoms with E-state index in [1.807, 2.05) is 30.5 Å². The van der Waals surface area contributed by atoms with E-state index >= 15 is 0 Å². The molecule has 0 bridgehead atoms. The van der Waals surface area contributed by atoms with Crippen LogP contribution in [0.2, 0.25) is 0 Å². The minimum atomic E-state index is 0.649. The molecule has 0 aliphatic rings. The van der Waals surface area contributed by atoms with E-state index in [-0.39, 0.29) is 0 Å². The second kappa shape index (κ2) is 5.11. The number of hydrogen-bond acceptors (Lipinski definition) is 7. The zero-order valence-electron chi connectivity index (χ0n) is 10.2. The number of nitrogens with one attached hydrogen (secondary N) is 1. The maximum Gasteiger partial charge on any atom is 0.143 e. The van der Waals surface area contributed by atoms with Crippen molar-refractivity contribution in [1.82, 2.24) is 29.8 Å². The van der Waals surface area contributed by atoms with Crippen molar-refractivity contribution in [3.63, 3.8) is 0 Å². The maximum atomic E-state index is 4.00. The molecule has 0 aliphatic heterocycles. The van der Waals surface area contributed by atoms with Crippen molar-refractivity contribution in [2.45, 2.75) is 13.5 Å². The minimum absolute atomic E-state index is 0.649. The van der Waals surface area contributed by atoms with Gasteiger partial charge in [-0.05, 0) is 46.6 Å². The van der Waals surface area contributed by atoms with Gasteiger partial charge in [0.15, 0.2) is 0 Å². The predicted molar refractivity (Wildman–Crippen MR) is 71.1 cm³/mol. The standard InChI is InChI=1S/C11H11N7S/c1-8-2-3-10(18-7-13-15-16-18)4-11(8)12-5-9-6-19-17-14-9/h2-4,6-7,12H,5H2,1H3. The Bertz CT molecular complexity index is 648. The zero-order chi connectivity index (χ0) is 13.1. The highest BCUT2D eigenvalue weighted by Crippen LogP contribution is 2.19. The monoisotopic (exact) mass is 273 g/mol. The largest absolute Gasteiger partial charge is 0.379 e. The molecule has 19 heavy (non-hydrogen) atoms. The van der Waals surface area contributed by atoms with E-state index in [1.165, 1.54) is 11.5 Å². The SMILES string of the molecule is Cc1ccc(-n2cnnn2)cc1NCc1csnn1. The summed E-state index contributed by atoms with van der Waals surface area (Å²) in [6, 6.07) is 6.01. The second-order valence-electron chi connectivity index (χ2n) is 4.00. The van der Waals surface area contributed by atoms with Gasteiger partial charge in [0.1, 0.15) is 6.33 Å². The van der Waals surface area contributed by atoms with Crippen molar-refractivity contribution in [2.24, 2.45) is 0 Å². The lowest BCUT2D eigenvalue weighted by molar-refractivity contribution is 0.789. The lowest BCUT2D eigenvalue weighted by Crippen LogP contribution is -2.03. The van der Waals surface area contributed by atoms with Crippen LogP contribution >= 0.6 is 11.5 Å².